The van der Waals surface area contributed by atoms with Crippen molar-refractivity contribution in [3.05, 3.63) is 53.6 Å². The Morgan fingerprint density at radius 2 is 1.48 bits per heavy atom. The van der Waals surface area contributed by atoms with Crippen LogP contribution in [0.15, 0.2) is 48.5 Å². The van der Waals surface area contributed by atoms with Crippen LogP contribution in [0.2, 0.25) is 5.02 Å². The van der Waals surface area contributed by atoms with Crippen LogP contribution < -0.4 is 10.1 Å². The molecule has 0 saturated heterocycles. The number of hydrogen-bond acceptors (Lipinski definition) is 3. The van der Waals surface area contributed by atoms with Crippen LogP contribution in [0.25, 0.3) is 0 Å². The summed E-state index contributed by atoms with van der Waals surface area (Å²) in [5.74, 6) is -0.416. The fraction of sp³-hybridized carbons (Fsp3) is 0.333. The Balaban J connectivity index is 1.41. The van der Waals surface area contributed by atoms with Crippen molar-refractivity contribution in [2.75, 3.05) is 5.32 Å². The third-order valence-corrected chi connectivity index (χ3v) is 5.93. The number of aliphatic carboxylic acids is 1. The lowest BCUT2D eigenvalue weighted by atomic mass is 9.78. The molecular formula is C21H20ClNO4. The van der Waals surface area contributed by atoms with Gasteiger partial charge in [0, 0.05) is 10.7 Å². The first kappa shape index (κ1) is 17.9. The second kappa shape index (κ2) is 7.24. The molecule has 2 saturated carbocycles. The summed E-state index contributed by atoms with van der Waals surface area (Å²) in [4.78, 5) is 24.3. The zero-order valence-electron chi connectivity index (χ0n) is 14.6. The second-order valence-corrected chi connectivity index (χ2v) is 7.73. The summed E-state index contributed by atoms with van der Waals surface area (Å²) in [6, 6.07) is 14.1. The molecule has 0 heterocycles. The molecule has 4 atom stereocenters. The molecule has 0 spiro atoms. The standard InChI is InChI=1S/C21H20ClNO4/c22-14-3-7-16(8-4-14)27-17-9-5-15(6-10-17)23-20(24)18-12-1-2-13(11-12)19(18)21(25)26/h3-10,12-13,18-19H,1-2,11H2,(H,23,24)(H,25,26)/t12-,13+,18-,19+/m0/s1. The number of carboxylic acids is 1. The van der Waals surface area contributed by atoms with Crippen LogP contribution in [-0.4, -0.2) is 17.0 Å². The van der Waals surface area contributed by atoms with Crippen LogP contribution in [0, 0.1) is 23.7 Å². The van der Waals surface area contributed by atoms with Crippen LogP contribution in [0.4, 0.5) is 5.69 Å². The number of carbonyl (C=O) groups excluding carboxylic acids is 1. The number of benzene rings is 2. The highest BCUT2D eigenvalue weighted by Gasteiger charge is 2.53. The van der Waals surface area contributed by atoms with E-state index >= 15 is 0 Å². The van der Waals surface area contributed by atoms with Crippen molar-refractivity contribution in [1.82, 2.24) is 0 Å². The maximum atomic E-state index is 12.7. The summed E-state index contributed by atoms with van der Waals surface area (Å²) in [5, 5.41) is 13.0. The molecule has 2 N–H and O–H groups in total. The summed E-state index contributed by atoms with van der Waals surface area (Å²) in [7, 11) is 0. The van der Waals surface area contributed by atoms with Crippen LogP contribution in [0.5, 0.6) is 11.5 Å². The first-order chi connectivity index (χ1) is 13.0. The van der Waals surface area contributed by atoms with Crippen LogP contribution in [-0.2, 0) is 9.59 Å². The maximum Gasteiger partial charge on any atom is 0.307 e. The van der Waals surface area contributed by atoms with Crippen molar-refractivity contribution >= 4 is 29.2 Å². The molecule has 0 radical (unpaired) electrons. The van der Waals surface area contributed by atoms with Gasteiger partial charge in [0.1, 0.15) is 11.5 Å². The van der Waals surface area contributed by atoms with Gasteiger partial charge in [-0.25, -0.2) is 0 Å². The van der Waals surface area contributed by atoms with Gasteiger partial charge < -0.3 is 15.2 Å². The smallest absolute Gasteiger partial charge is 0.307 e. The van der Waals surface area contributed by atoms with Crippen molar-refractivity contribution in [3.63, 3.8) is 0 Å². The van der Waals surface area contributed by atoms with Crippen molar-refractivity contribution in [2.24, 2.45) is 23.7 Å². The Bertz CT molecular complexity index is 849. The topological polar surface area (TPSA) is 75.6 Å². The van der Waals surface area contributed by atoms with Crippen molar-refractivity contribution < 1.29 is 19.4 Å². The zero-order valence-corrected chi connectivity index (χ0v) is 15.4. The molecule has 2 aliphatic rings. The van der Waals surface area contributed by atoms with Crippen LogP contribution >= 0.6 is 11.6 Å². The van der Waals surface area contributed by atoms with Gasteiger partial charge in [-0.15, -0.1) is 0 Å². The Morgan fingerprint density at radius 3 is 2.07 bits per heavy atom. The minimum absolute atomic E-state index is 0.137. The van der Waals surface area contributed by atoms with E-state index in [-0.39, 0.29) is 17.7 Å². The average Bonchev–Trinajstić information content (AvgIpc) is 3.26. The van der Waals surface area contributed by atoms with E-state index in [2.05, 4.69) is 5.32 Å². The van der Waals surface area contributed by atoms with Crippen molar-refractivity contribution in [3.8, 4) is 11.5 Å². The van der Waals surface area contributed by atoms with E-state index in [9.17, 15) is 14.7 Å². The van der Waals surface area contributed by atoms with Crippen LogP contribution in [0.3, 0.4) is 0 Å². The number of halogens is 1. The normalized spacial score (nSPS) is 26.0. The number of fused-ring (bicyclic) bond motifs is 2. The molecular weight excluding hydrogens is 366 g/mol. The van der Waals surface area contributed by atoms with E-state index in [1.165, 1.54) is 0 Å². The number of nitrogens with one attached hydrogen (secondary N) is 1. The van der Waals surface area contributed by atoms with E-state index in [4.69, 9.17) is 16.3 Å². The molecule has 5 nitrogen and oxygen atoms in total. The van der Waals surface area contributed by atoms with Gasteiger partial charge in [-0.2, -0.15) is 0 Å². The molecule has 140 valence electrons. The fourth-order valence-corrected chi connectivity index (χ4v) is 4.62. The third-order valence-electron chi connectivity index (χ3n) is 5.68. The molecule has 27 heavy (non-hydrogen) atoms. The Hall–Kier alpha value is -2.53. The van der Waals surface area contributed by atoms with Gasteiger partial charge in [-0.3, -0.25) is 9.59 Å². The van der Waals surface area contributed by atoms with Gasteiger partial charge in [-0.05, 0) is 79.6 Å². The Labute approximate surface area is 162 Å². The van der Waals surface area contributed by atoms with E-state index in [1.807, 2.05) is 0 Å². The number of carboxylic acid groups (broad SMARTS) is 1. The maximum absolute atomic E-state index is 12.7. The molecule has 2 aromatic rings. The molecule has 0 unspecified atom stereocenters. The molecule has 4 rings (SSSR count). The predicted molar refractivity (Wildman–Crippen MR) is 102 cm³/mol. The highest BCUT2D eigenvalue weighted by molar-refractivity contribution is 6.30. The Kier molecular flexibility index (Phi) is 4.79. The number of carbonyl (C=O) groups is 2. The molecule has 0 aromatic heterocycles. The summed E-state index contributed by atoms with van der Waals surface area (Å²) in [6.45, 7) is 0. The molecule has 1 amide bonds. The Morgan fingerprint density at radius 1 is 0.926 bits per heavy atom. The van der Waals surface area contributed by atoms with Gasteiger partial charge in [0.2, 0.25) is 5.91 Å². The van der Waals surface area contributed by atoms with Crippen molar-refractivity contribution in [2.45, 2.75) is 19.3 Å². The first-order valence-corrected chi connectivity index (χ1v) is 9.46. The first-order valence-electron chi connectivity index (χ1n) is 9.08. The number of anilines is 1. The molecule has 2 aliphatic carbocycles. The lowest BCUT2D eigenvalue weighted by Gasteiger charge is -2.27. The van der Waals surface area contributed by atoms with E-state index in [0.29, 0.717) is 22.2 Å². The predicted octanol–water partition coefficient (Wildman–Crippen LogP) is 4.82. The largest absolute Gasteiger partial charge is 0.481 e. The molecule has 2 bridgehead atoms. The van der Waals surface area contributed by atoms with E-state index in [1.54, 1.807) is 48.5 Å². The lowest BCUT2D eigenvalue weighted by Crippen LogP contribution is -2.37. The van der Waals surface area contributed by atoms with E-state index in [0.717, 1.165) is 19.3 Å². The quantitative estimate of drug-likeness (QED) is 0.773. The SMILES string of the molecule is O=C(O)[C@@H]1[C@@H]2CC[C@@H](C2)[C@@H]1C(=O)Nc1ccc(Oc2ccc(Cl)cc2)cc1. The van der Waals surface area contributed by atoms with Gasteiger partial charge >= 0.3 is 5.97 Å². The fourth-order valence-electron chi connectivity index (χ4n) is 4.49. The van der Waals surface area contributed by atoms with Gasteiger partial charge in [-0.1, -0.05) is 11.6 Å². The monoisotopic (exact) mass is 385 g/mol. The summed E-state index contributed by atoms with van der Waals surface area (Å²) in [5.41, 5.74) is 0.635. The van der Waals surface area contributed by atoms with Gasteiger partial charge in [0.25, 0.3) is 0 Å². The molecule has 2 fully saturated rings. The zero-order chi connectivity index (χ0) is 19.0. The number of hydrogen-bond donors (Lipinski definition) is 2. The third kappa shape index (κ3) is 3.65. The van der Waals surface area contributed by atoms with Gasteiger partial charge in [0.15, 0.2) is 0 Å². The number of ether oxygens (including phenoxy) is 1. The number of amides is 1. The molecule has 6 heteroatoms. The minimum Gasteiger partial charge on any atom is -0.481 e. The summed E-state index contributed by atoms with van der Waals surface area (Å²) < 4.78 is 5.73. The summed E-state index contributed by atoms with van der Waals surface area (Å²) in [6.07, 6.45) is 2.71. The molecule has 2 aromatic carbocycles. The lowest BCUT2D eigenvalue weighted by molar-refractivity contribution is -0.148. The highest BCUT2D eigenvalue weighted by atomic mass is 35.5. The average molecular weight is 386 g/mol. The number of rotatable bonds is 5. The van der Waals surface area contributed by atoms with E-state index < -0.39 is 17.8 Å². The van der Waals surface area contributed by atoms with Crippen LogP contribution in [0.1, 0.15) is 19.3 Å². The second-order valence-electron chi connectivity index (χ2n) is 7.29. The highest BCUT2D eigenvalue weighted by Crippen LogP contribution is 2.52. The van der Waals surface area contributed by atoms with Crippen molar-refractivity contribution in [1.29, 1.82) is 0 Å². The van der Waals surface area contributed by atoms with Gasteiger partial charge in [0.05, 0.1) is 11.8 Å². The summed E-state index contributed by atoms with van der Waals surface area (Å²) >= 11 is 5.86. The molecule has 0 aliphatic heterocycles. The minimum atomic E-state index is -0.853.